The first-order valence-electron chi connectivity index (χ1n) is 7.69. The fourth-order valence-electron chi connectivity index (χ4n) is 2.27. The Labute approximate surface area is 131 Å². The van der Waals surface area contributed by atoms with Crippen molar-refractivity contribution in [2.75, 3.05) is 13.7 Å². The Balaban J connectivity index is 2.05. The molecule has 4 heteroatoms. The van der Waals surface area contributed by atoms with Crippen LogP contribution in [0.25, 0.3) is 0 Å². The van der Waals surface area contributed by atoms with Crippen molar-refractivity contribution in [2.45, 2.75) is 32.7 Å². The van der Waals surface area contributed by atoms with Gasteiger partial charge in [0.2, 0.25) is 0 Å². The molecule has 2 rings (SSSR count). The highest BCUT2D eigenvalue weighted by atomic mass is 16.5. The first-order chi connectivity index (χ1) is 10.7. The molecule has 0 N–H and O–H groups in total. The summed E-state index contributed by atoms with van der Waals surface area (Å²) in [5.74, 6) is 1.42. The molecule has 2 aromatic rings. The van der Waals surface area contributed by atoms with Gasteiger partial charge in [-0.15, -0.1) is 0 Å². The van der Waals surface area contributed by atoms with E-state index in [9.17, 15) is 4.79 Å². The van der Waals surface area contributed by atoms with Gasteiger partial charge in [0.25, 0.3) is 5.56 Å². The molecule has 0 atom stereocenters. The molecule has 0 aliphatic rings. The SMILES string of the molecule is CCCCCOc1ccn(Cc2ccccc2OC)c(=O)c1. The van der Waals surface area contributed by atoms with E-state index >= 15 is 0 Å². The highest BCUT2D eigenvalue weighted by molar-refractivity contribution is 5.33. The van der Waals surface area contributed by atoms with Crippen molar-refractivity contribution in [3.63, 3.8) is 0 Å². The molecule has 0 saturated carbocycles. The first kappa shape index (κ1) is 16.1. The van der Waals surface area contributed by atoms with Crippen LogP contribution in [0, 0.1) is 0 Å². The van der Waals surface area contributed by atoms with Crippen LogP contribution in [-0.2, 0) is 6.54 Å². The molecule has 1 aromatic carbocycles. The normalized spacial score (nSPS) is 10.5. The number of ether oxygens (including phenoxy) is 2. The van der Waals surface area contributed by atoms with Crippen LogP contribution in [0.2, 0.25) is 0 Å². The smallest absolute Gasteiger partial charge is 0.254 e. The zero-order valence-electron chi connectivity index (χ0n) is 13.2. The fraction of sp³-hybridized carbons (Fsp3) is 0.389. The maximum absolute atomic E-state index is 12.2. The minimum absolute atomic E-state index is 0.0705. The minimum atomic E-state index is -0.0705. The summed E-state index contributed by atoms with van der Waals surface area (Å²) >= 11 is 0. The predicted octanol–water partition coefficient (Wildman–Crippen LogP) is 3.47. The molecule has 0 amide bonds. The Kier molecular flexibility index (Phi) is 6.07. The van der Waals surface area contributed by atoms with Gasteiger partial charge in [-0.05, 0) is 18.6 Å². The lowest BCUT2D eigenvalue weighted by Crippen LogP contribution is -2.19. The Bertz CT molecular complexity index is 649. The van der Waals surface area contributed by atoms with Crippen LogP contribution in [-0.4, -0.2) is 18.3 Å². The molecule has 118 valence electrons. The van der Waals surface area contributed by atoms with E-state index in [0.29, 0.717) is 18.9 Å². The number of aromatic nitrogens is 1. The number of unbranched alkanes of at least 4 members (excludes halogenated alkanes) is 2. The van der Waals surface area contributed by atoms with E-state index in [0.717, 1.165) is 30.6 Å². The number of benzene rings is 1. The van der Waals surface area contributed by atoms with E-state index in [1.54, 1.807) is 23.9 Å². The van der Waals surface area contributed by atoms with Crippen LogP contribution in [0.5, 0.6) is 11.5 Å². The number of para-hydroxylation sites is 1. The maximum Gasteiger partial charge on any atom is 0.254 e. The predicted molar refractivity (Wildman–Crippen MR) is 87.8 cm³/mol. The molecule has 0 radical (unpaired) electrons. The van der Waals surface area contributed by atoms with E-state index in [2.05, 4.69) is 6.92 Å². The molecule has 4 nitrogen and oxygen atoms in total. The molecule has 0 aliphatic heterocycles. The number of hydrogen-bond acceptors (Lipinski definition) is 3. The van der Waals surface area contributed by atoms with Crippen LogP contribution < -0.4 is 15.0 Å². The van der Waals surface area contributed by atoms with Crippen molar-refractivity contribution < 1.29 is 9.47 Å². The van der Waals surface area contributed by atoms with Crippen molar-refractivity contribution in [1.82, 2.24) is 4.57 Å². The highest BCUT2D eigenvalue weighted by Crippen LogP contribution is 2.18. The lowest BCUT2D eigenvalue weighted by molar-refractivity contribution is 0.305. The third-order valence-corrected chi connectivity index (χ3v) is 3.52. The summed E-state index contributed by atoms with van der Waals surface area (Å²) in [6.07, 6.45) is 5.08. The number of rotatable bonds is 8. The van der Waals surface area contributed by atoms with E-state index < -0.39 is 0 Å². The van der Waals surface area contributed by atoms with Crippen LogP contribution in [0.3, 0.4) is 0 Å². The topological polar surface area (TPSA) is 40.5 Å². The average Bonchev–Trinajstić information content (AvgIpc) is 2.54. The highest BCUT2D eigenvalue weighted by Gasteiger charge is 2.05. The van der Waals surface area contributed by atoms with Crippen molar-refractivity contribution in [3.05, 3.63) is 58.5 Å². The summed E-state index contributed by atoms with van der Waals surface area (Å²) in [5.41, 5.74) is 0.905. The van der Waals surface area contributed by atoms with Gasteiger partial charge < -0.3 is 14.0 Å². The van der Waals surface area contributed by atoms with Gasteiger partial charge in [-0.2, -0.15) is 0 Å². The molecule has 0 bridgehead atoms. The van der Waals surface area contributed by atoms with Gasteiger partial charge in [0.05, 0.1) is 20.3 Å². The molecule has 0 fully saturated rings. The lowest BCUT2D eigenvalue weighted by atomic mass is 10.2. The standard InChI is InChI=1S/C18H23NO3/c1-3-4-7-12-22-16-10-11-19(18(20)13-16)14-15-8-5-6-9-17(15)21-2/h5-6,8-11,13H,3-4,7,12,14H2,1-2H3. The summed E-state index contributed by atoms with van der Waals surface area (Å²) < 4.78 is 12.6. The van der Waals surface area contributed by atoms with Crippen LogP contribution in [0.4, 0.5) is 0 Å². The molecular formula is C18H23NO3. The van der Waals surface area contributed by atoms with Gasteiger partial charge in [0.1, 0.15) is 11.5 Å². The molecule has 0 aliphatic carbocycles. The van der Waals surface area contributed by atoms with Crippen LogP contribution in [0.1, 0.15) is 31.7 Å². The fourth-order valence-corrected chi connectivity index (χ4v) is 2.27. The Morgan fingerprint density at radius 2 is 1.95 bits per heavy atom. The molecule has 1 aromatic heterocycles. The van der Waals surface area contributed by atoms with Gasteiger partial charge >= 0.3 is 0 Å². The first-order valence-corrected chi connectivity index (χ1v) is 7.69. The Morgan fingerprint density at radius 1 is 1.14 bits per heavy atom. The summed E-state index contributed by atoms with van der Waals surface area (Å²) in [6.45, 7) is 3.29. The largest absolute Gasteiger partial charge is 0.496 e. The molecule has 0 saturated heterocycles. The molecule has 0 unspecified atom stereocenters. The Morgan fingerprint density at radius 3 is 2.68 bits per heavy atom. The minimum Gasteiger partial charge on any atom is -0.496 e. The maximum atomic E-state index is 12.2. The van der Waals surface area contributed by atoms with E-state index in [-0.39, 0.29) is 5.56 Å². The van der Waals surface area contributed by atoms with Crippen molar-refractivity contribution >= 4 is 0 Å². The van der Waals surface area contributed by atoms with Crippen LogP contribution in [0.15, 0.2) is 47.4 Å². The summed E-state index contributed by atoms with van der Waals surface area (Å²) in [4.78, 5) is 12.2. The summed E-state index contributed by atoms with van der Waals surface area (Å²) in [5, 5.41) is 0. The van der Waals surface area contributed by atoms with E-state index in [4.69, 9.17) is 9.47 Å². The molecule has 22 heavy (non-hydrogen) atoms. The number of methoxy groups -OCH3 is 1. The van der Waals surface area contributed by atoms with Crippen LogP contribution >= 0.6 is 0 Å². The molecule has 0 spiro atoms. The zero-order chi connectivity index (χ0) is 15.8. The second-order valence-corrected chi connectivity index (χ2v) is 5.20. The molecule has 1 heterocycles. The number of pyridine rings is 1. The van der Waals surface area contributed by atoms with Crippen molar-refractivity contribution in [2.24, 2.45) is 0 Å². The van der Waals surface area contributed by atoms with Gasteiger partial charge in [0, 0.05) is 17.8 Å². The monoisotopic (exact) mass is 301 g/mol. The van der Waals surface area contributed by atoms with Gasteiger partial charge in [-0.3, -0.25) is 4.79 Å². The van der Waals surface area contributed by atoms with Gasteiger partial charge in [-0.1, -0.05) is 38.0 Å². The quantitative estimate of drug-likeness (QED) is 0.701. The third-order valence-electron chi connectivity index (χ3n) is 3.52. The number of nitrogens with zero attached hydrogens (tertiary/aromatic N) is 1. The van der Waals surface area contributed by atoms with Gasteiger partial charge in [-0.25, -0.2) is 0 Å². The van der Waals surface area contributed by atoms with Crippen molar-refractivity contribution in [1.29, 1.82) is 0 Å². The molecular weight excluding hydrogens is 278 g/mol. The Hall–Kier alpha value is -2.23. The third kappa shape index (κ3) is 4.38. The lowest BCUT2D eigenvalue weighted by Gasteiger charge is -2.11. The average molecular weight is 301 g/mol. The number of hydrogen-bond donors (Lipinski definition) is 0. The zero-order valence-corrected chi connectivity index (χ0v) is 13.2. The van der Waals surface area contributed by atoms with Gasteiger partial charge in [0.15, 0.2) is 0 Å². The van der Waals surface area contributed by atoms with E-state index in [1.165, 1.54) is 0 Å². The van der Waals surface area contributed by atoms with E-state index in [1.807, 2.05) is 30.3 Å². The summed E-state index contributed by atoms with van der Waals surface area (Å²) in [6, 6.07) is 11.1. The summed E-state index contributed by atoms with van der Waals surface area (Å²) in [7, 11) is 1.63. The van der Waals surface area contributed by atoms with Crippen molar-refractivity contribution in [3.8, 4) is 11.5 Å². The second kappa shape index (κ2) is 8.27. The second-order valence-electron chi connectivity index (χ2n) is 5.20.